The van der Waals surface area contributed by atoms with Gasteiger partial charge in [0, 0.05) is 11.2 Å². The molecule has 0 saturated heterocycles. The molecule has 0 fully saturated rings. The fourth-order valence-corrected chi connectivity index (χ4v) is 2.34. The third kappa shape index (κ3) is 5.96. The number of guanidine groups is 1. The van der Waals surface area contributed by atoms with Crippen molar-refractivity contribution < 1.29 is 0 Å². The monoisotopic (exact) mass is 445 g/mol. The summed E-state index contributed by atoms with van der Waals surface area (Å²) in [5.74, 6) is 1.00. The summed E-state index contributed by atoms with van der Waals surface area (Å²) in [4.78, 5) is 10.6. The number of halogens is 2. The first-order chi connectivity index (χ1) is 10.6. The van der Waals surface area contributed by atoms with Gasteiger partial charge in [0.25, 0.3) is 0 Å². The van der Waals surface area contributed by atoms with Crippen LogP contribution in [0.25, 0.3) is 0 Å². The Labute approximate surface area is 159 Å². The van der Waals surface area contributed by atoms with E-state index in [1.807, 2.05) is 56.6 Å². The molecule has 0 aliphatic carbocycles. The number of hydrogen-bond acceptors (Lipinski definition) is 3. The van der Waals surface area contributed by atoms with E-state index in [2.05, 4.69) is 20.2 Å². The smallest absolute Gasteiger partial charge is 0.194 e. The van der Waals surface area contributed by atoms with Gasteiger partial charge in [0.05, 0.1) is 12.6 Å². The van der Waals surface area contributed by atoms with Gasteiger partial charge in [-0.3, -0.25) is 4.99 Å². The summed E-state index contributed by atoms with van der Waals surface area (Å²) in [6.07, 6.45) is 1.70. The molecule has 124 valence electrons. The van der Waals surface area contributed by atoms with Gasteiger partial charge in [0.15, 0.2) is 5.96 Å². The van der Waals surface area contributed by atoms with Crippen LogP contribution >= 0.6 is 35.6 Å². The zero-order valence-electron chi connectivity index (χ0n) is 13.1. The van der Waals surface area contributed by atoms with Crippen molar-refractivity contribution in [3.63, 3.8) is 0 Å². The Morgan fingerprint density at radius 2 is 1.96 bits per heavy atom. The Morgan fingerprint density at radius 3 is 2.57 bits per heavy atom. The third-order valence-electron chi connectivity index (χ3n) is 3.24. The van der Waals surface area contributed by atoms with E-state index in [1.165, 1.54) is 0 Å². The van der Waals surface area contributed by atoms with E-state index in [1.54, 1.807) is 6.20 Å². The van der Waals surface area contributed by atoms with Gasteiger partial charge in [-0.25, -0.2) is 4.98 Å². The highest BCUT2D eigenvalue weighted by Crippen LogP contribution is 2.26. The van der Waals surface area contributed by atoms with Gasteiger partial charge in [0.1, 0.15) is 5.82 Å². The van der Waals surface area contributed by atoms with Crippen molar-refractivity contribution in [1.29, 1.82) is 0 Å². The third-order valence-corrected chi connectivity index (χ3v) is 3.59. The van der Waals surface area contributed by atoms with Crippen molar-refractivity contribution in [3.05, 3.63) is 59.2 Å². The molecule has 0 amide bonds. The summed E-state index contributed by atoms with van der Waals surface area (Å²) in [6, 6.07) is 13.4. The van der Waals surface area contributed by atoms with Gasteiger partial charge in [-0.1, -0.05) is 35.9 Å². The minimum atomic E-state index is 0. The quantitative estimate of drug-likeness (QED) is 0.421. The van der Waals surface area contributed by atoms with Crippen LogP contribution in [0.5, 0.6) is 0 Å². The summed E-state index contributed by atoms with van der Waals surface area (Å²) >= 11 is 6.28. The summed E-state index contributed by atoms with van der Waals surface area (Å²) in [5.41, 5.74) is 6.95. The van der Waals surface area contributed by atoms with Crippen LogP contribution in [-0.2, 0) is 0 Å². The van der Waals surface area contributed by atoms with Crippen LogP contribution in [0.4, 0.5) is 5.82 Å². The molecule has 2 rings (SSSR count). The zero-order chi connectivity index (χ0) is 15.9. The minimum Gasteiger partial charge on any atom is -0.370 e. The second kappa shape index (κ2) is 9.69. The number of pyridine rings is 1. The van der Waals surface area contributed by atoms with Crippen LogP contribution in [0.1, 0.15) is 11.6 Å². The van der Waals surface area contributed by atoms with Crippen LogP contribution in [0.3, 0.4) is 0 Å². The highest BCUT2D eigenvalue weighted by atomic mass is 127. The lowest BCUT2D eigenvalue weighted by atomic mass is 10.1. The molecule has 0 bridgehead atoms. The number of aliphatic imine (C=N–C) groups is 1. The molecular formula is C16H21ClIN5. The molecule has 2 aromatic rings. The van der Waals surface area contributed by atoms with Crippen molar-refractivity contribution in [1.82, 2.24) is 9.88 Å². The van der Waals surface area contributed by atoms with E-state index >= 15 is 0 Å². The van der Waals surface area contributed by atoms with Crippen molar-refractivity contribution in [2.24, 2.45) is 10.7 Å². The maximum absolute atomic E-state index is 6.28. The van der Waals surface area contributed by atoms with Crippen molar-refractivity contribution in [2.45, 2.75) is 6.04 Å². The predicted molar refractivity (Wildman–Crippen MR) is 108 cm³/mol. The molecule has 0 spiro atoms. The average Bonchev–Trinajstić information content (AvgIpc) is 2.50. The molecule has 7 heteroatoms. The molecule has 1 aromatic carbocycles. The number of benzene rings is 1. The van der Waals surface area contributed by atoms with E-state index in [0.717, 1.165) is 10.6 Å². The van der Waals surface area contributed by atoms with Gasteiger partial charge in [-0.15, -0.1) is 24.0 Å². The largest absolute Gasteiger partial charge is 0.370 e. The first kappa shape index (κ1) is 19.7. The van der Waals surface area contributed by atoms with Crippen molar-refractivity contribution >= 4 is 47.4 Å². The number of aromatic nitrogens is 1. The predicted octanol–water partition coefficient (Wildman–Crippen LogP) is 3.38. The summed E-state index contributed by atoms with van der Waals surface area (Å²) < 4.78 is 0. The van der Waals surface area contributed by atoms with Crippen molar-refractivity contribution in [2.75, 3.05) is 26.0 Å². The number of anilines is 1. The lowest BCUT2D eigenvalue weighted by molar-refractivity contribution is 0.306. The molecule has 1 aromatic heterocycles. The topological polar surface area (TPSA) is 66.5 Å². The Bertz CT molecular complexity index is 633. The molecule has 1 unspecified atom stereocenters. The Balaban J connectivity index is 0.00000264. The van der Waals surface area contributed by atoms with E-state index in [0.29, 0.717) is 18.3 Å². The second-order valence-corrected chi connectivity index (χ2v) is 5.47. The molecule has 5 nitrogen and oxygen atoms in total. The van der Waals surface area contributed by atoms with Crippen LogP contribution in [-0.4, -0.2) is 36.5 Å². The second-order valence-electron chi connectivity index (χ2n) is 5.07. The van der Waals surface area contributed by atoms with E-state index < -0.39 is 0 Å². The van der Waals surface area contributed by atoms with E-state index in [-0.39, 0.29) is 30.0 Å². The number of nitrogens with one attached hydrogen (secondary N) is 1. The molecule has 0 aliphatic rings. The van der Waals surface area contributed by atoms with Gasteiger partial charge in [0.2, 0.25) is 0 Å². The highest BCUT2D eigenvalue weighted by molar-refractivity contribution is 14.0. The minimum absolute atomic E-state index is 0. The number of nitrogens with zero attached hydrogens (tertiary/aromatic N) is 3. The first-order valence-electron chi connectivity index (χ1n) is 6.96. The highest BCUT2D eigenvalue weighted by Gasteiger charge is 2.16. The molecule has 3 N–H and O–H groups in total. The van der Waals surface area contributed by atoms with Crippen LogP contribution in [0.15, 0.2) is 53.7 Å². The lowest BCUT2D eigenvalue weighted by Gasteiger charge is -2.24. The molecule has 0 radical (unpaired) electrons. The van der Waals surface area contributed by atoms with Crippen LogP contribution in [0, 0.1) is 0 Å². The average molecular weight is 446 g/mol. The molecule has 1 atom stereocenters. The van der Waals surface area contributed by atoms with Gasteiger partial charge in [-0.2, -0.15) is 0 Å². The maximum Gasteiger partial charge on any atom is 0.194 e. The Kier molecular flexibility index (Phi) is 8.29. The molecule has 0 saturated carbocycles. The summed E-state index contributed by atoms with van der Waals surface area (Å²) in [5, 5.41) is 3.70. The standard InChI is InChI=1S/C16H20ClN5.HI/c1-22(2)14(12-7-3-4-8-13(12)17)11-20-16(18)21-15-9-5-6-10-19-15;/h3-10,14H,11H2,1-2H3,(H3,18,19,20,21);1H. The van der Waals surface area contributed by atoms with Gasteiger partial charge < -0.3 is 16.0 Å². The number of likely N-dealkylation sites (N-methyl/N-ethyl adjacent to an activating group) is 1. The maximum atomic E-state index is 6.28. The number of hydrogen-bond donors (Lipinski definition) is 2. The lowest BCUT2D eigenvalue weighted by Crippen LogP contribution is -2.27. The summed E-state index contributed by atoms with van der Waals surface area (Å²) in [6.45, 7) is 0.502. The van der Waals surface area contributed by atoms with Gasteiger partial charge >= 0.3 is 0 Å². The molecule has 1 heterocycles. The molecular weight excluding hydrogens is 425 g/mol. The fraction of sp³-hybridized carbons (Fsp3) is 0.250. The number of rotatable bonds is 5. The van der Waals surface area contributed by atoms with Gasteiger partial charge in [-0.05, 0) is 37.9 Å². The normalized spacial score (nSPS) is 12.6. The van der Waals surface area contributed by atoms with Crippen LogP contribution < -0.4 is 11.1 Å². The SMILES string of the molecule is CN(C)C(CN=C(N)Nc1ccccn1)c1ccccc1Cl.I. The van der Waals surface area contributed by atoms with E-state index in [4.69, 9.17) is 17.3 Å². The first-order valence-corrected chi connectivity index (χ1v) is 7.34. The van der Waals surface area contributed by atoms with E-state index in [9.17, 15) is 0 Å². The van der Waals surface area contributed by atoms with Crippen molar-refractivity contribution in [3.8, 4) is 0 Å². The molecule has 0 aliphatic heterocycles. The molecule has 23 heavy (non-hydrogen) atoms. The zero-order valence-corrected chi connectivity index (χ0v) is 16.2. The fourth-order valence-electron chi connectivity index (χ4n) is 2.08. The Morgan fingerprint density at radius 1 is 1.26 bits per heavy atom. The summed E-state index contributed by atoms with van der Waals surface area (Å²) in [7, 11) is 3.98. The van der Waals surface area contributed by atoms with Crippen LogP contribution in [0.2, 0.25) is 5.02 Å². The Hall–Kier alpha value is -1.38. The number of nitrogens with two attached hydrogens (primary N) is 1.